The van der Waals surface area contributed by atoms with Crippen molar-refractivity contribution in [3.8, 4) is 5.75 Å². The van der Waals surface area contributed by atoms with Gasteiger partial charge in [0.15, 0.2) is 0 Å². The number of ether oxygens (including phenoxy) is 1. The highest BCUT2D eigenvalue weighted by Gasteiger charge is 2.25. The molecule has 3 aromatic rings. The minimum atomic E-state index is -3.29. The summed E-state index contributed by atoms with van der Waals surface area (Å²) in [7, 11) is -3.29. The van der Waals surface area contributed by atoms with Gasteiger partial charge in [-0.3, -0.25) is 4.79 Å². The lowest BCUT2D eigenvalue weighted by Crippen LogP contribution is -2.29. The Hall–Kier alpha value is -2.90. The van der Waals surface area contributed by atoms with Crippen molar-refractivity contribution >= 4 is 26.7 Å². The lowest BCUT2D eigenvalue weighted by Gasteiger charge is -2.15. The van der Waals surface area contributed by atoms with Gasteiger partial charge in [0.25, 0.3) is 5.91 Å². The molecule has 3 aromatic carbocycles. The number of hydrogen-bond donors (Lipinski definition) is 1. The third-order valence-corrected chi connectivity index (χ3v) is 7.25. The van der Waals surface area contributed by atoms with Crippen LogP contribution in [-0.2, 0) is 15.8 Å². The Balaban J connectivity index is 1.25. The van der Waals surface area contributed by atoms with Gasteiger partial charge in [-0.1, -0.05) is 42.5 Å². The Kier molecular flexibility index (Phi) is 6.53. The molecule has 1 aliphatic heterocycles. The molecule has 6 nitrogen and oxygen atoms in total. The molecule has 0 aromatic heterocycles. The Morgan fingerprint density at radius 1 is 0.935 bits per heavy atom. The molecule has 162 valence electrons. The highest BCUT2D eigenvalue weighted by molar-refractivity contribution is 7.88. The van der Waals surface area contributed by atoms with Crippen LogP contribution in [0, 0.1) is 0 Å². The molecule has 0 aliphatic carbocycles. The second kappa shape index (κ2) is 9.49. The number of amides is 1. The van der Waals surface area contributed by atoms with Crippen LogP contribution in [0.5, 0.6) is 5.75 Å². The molecule has 1 saturated heterocycles. The maximum Gasteiger partial charge on any atom is 0.251 e. The van der Waals surface area contributed by atoms with Crippen molar-refractivity contribution in [2.24, 2.45) is 0 Å². The molecule has 1 aliphatic rings. The highest BCUT2D eigenvalue weighted by Crippen LogP contribution is 2.20. The average Bonchev–Trinajstić information content (AvgIpc) is 3.33. The van der Waals surface area contributed by atoms with Gasteiger partial charge in [0.05, 0.1) is 12.3 Å². The van der Waals surface area contributed by atoms with Gasteiger partial charge in [-0.05, 0) is 53.4 Å². The summed E-state index contributed by atoms with van der Waals surface area (Å²) in [6.45, 7) is 1.93. The number of carbonyl (C=O) groups is 1. The van der Waals surface area contributed by atoms with E-state index in [0.29, 0.717) is 37.4 Å². The first-order valence-electron chi connectivity index (χ1n) is 10.5. The topological polar surface area (TPSA) is 75.7 Å². The molecule has 4 rings (SSSR count). The van der Waals surface area contributed by atoms with Crippen molar-refractivity contribution in [3.05, 3.63) is 77.9 Å². The lowest BCUT2D eigenvalue weighted by molar-refractivity contribution is 0.0947. The second-order valence-electron chi connectivity index (χ2n) is 7.67. The van der Waals surface area contributed by atoms with Gasteiger partial charge >= 0.3 is 0 Å². The molecule has 7 heteroatoms. The molecule has 1 fully saturated rings. The Morgan fingerprint density at radius 2 is 1.65 bits per heavy atom. The van der Waals surface area contributed by atoms with Gasteiger partial charge in [-0.25, -0.2) is 12.7 Å². The zero-order valence-electron chi connectivity index (χ0n) is 17.3. The summed E-state index contributed by atoms with van der Waals surface area (Å²) in [6, 6.07) is 20.7. The van der Waals surface area contributed by atoms with Gasteiger partial charge in [0, 0.05) is 18.7 Å². The minimum Gasteiger partial charge on any atom is -0.492 e. The number of fused-ring (bicyclic) bond motifs is 1. The maximum atomic E-state index is 12.4. The smallest absolute Gasteiger partial charge is 0.251 e. The van der Waals surface area contributed by atoms with Crippen molar-refractivity contribution < 1.29 is 17.9 Å². The molecule has 0 radical (unpaired) electrons. The third kappa shape index (κ3) is 5.42. The van der Waals surface area contributed by atoms with Crippen LogP contribution in [0.15, 0.2) is 66.7 Å². The summed E-state index contributed by atoms with van der Waals surface area (Å²) in [5, 5.41) is 5.09. The van der Waals surface area contributed by atoms with E-state index < -0.39 is 10.0 Å². The van der Waals surface area contributed by atoms with E-state index in [-0.39, 0.29) is 11.7 Å². The molecular weight excluding hydrogens is 412 g/mol. The fourth-order valence-corrected chi connectivity index (χ4v) is 5.32. The first kappa shape index (κ1) is 21.3. The van der Waals surface area contributed by atoms with Crippen molar-refractivity contribution in [3.63, 3.8) is 0 Å². The fraction of sp³-hybridized carbons (Fsp3) is 0.292. The number of carbonyl (C=O) groups excluding carboxylic acids is 1. The number of hydrogen-bond acceptors (Lipinski definition) is 4. The van der Waals surface area contributed by atoms with E-state index >= 15 is 0 Å². The Morgan fingerprint density at radius 3 is 2.39 bits per heavy atom. The van der Waals surface area contributed by atoms with Crippen LogP contribution in [0.2, 0.25) is 0 Å². The summed E-state index contributed by atoms with van der Waals surface area (Å²) in [5.74, 6) is 0.515. The molecule has 1 amide bonds. The zero-order chi connectivity index (χ0) is 21.7. The average molecular weight is 439 g/mol. The molecule has 31 heavy (non-hydrogen) atoms. The second-order valence-corrected chi connectivity index (χ2v) is 9.64. The van der Waals surface area contributed by atoms with Gasteiger partial charge in [0.2, 0.25) is 10.0 Å². The van der Waals surface area contributed by atoms with Gasteiger partial charge < -0.3 is 10.1 Å². The largest absolute Gasteiger partial charge is 0.492 e. The van der Waals surface area contributed by atoms with Gasteiger partial charge in [-0.2, -0.15) is 0 Å². The standard InChI is InChI=1S/C24H26N2O4S/c27-24(25-13-16-30-23-12-11-20-5-1-2-6-22(20)17-23)21-9-7-19(8-10-21)18-31(28,29)26-14-3-4-15-26/h1-2,5-12,17H,3-4,13-16,18H2,(H,25,27). The molecule has 0 bridgehead atoms. The summed E-state index contributed by atoms with van der Waals surface area (Å²) >= 11 is 0. The molecule has 1 N–H and O–H groups in total. The van der Waals surface area contributed by atoms with E-state index in [2.05, 4.69) is 5.32 Å². The predicted molar refractivity (Wildman–Crippen MR) is 122 cm³/mol. The maximum absolute atomic E-state index is 12.4. The zero-order valence-corrected chi connectivity index (χ0v) is 18.1. The fourth-order valence-electron chi connectivity index (χ4n) is 3.71. The van der Waals surface area contributed by atoms with Crippen LogP contribution < -0.4 is 10.1 Å². The van der Waals surface area contributed by atoms with Gasteiger partial charge in [-0.15, -0.1) is 0 Å². The summed E-state index contributed by atoms with van der Waals surface area (Å²) in [6.07, 6.45) is 1.84. The van der Waals surface area contributed by atoms with E-state index in [9.17, 15) is 13.2 Å². The van der Waals surface area contributed by atoms with Crippen molar-refractivity contribution in [2.45, 2.75) is 18.6 Å². The normalized spacial score (nSPS) is 14.6. The van der Waals surface area contributed by atoms with Crippen LogP contribution in [0.25, 0.3) is 10.8 Å². The number of nitrogens with one attached hydrogen (secondary N) is 1. The lowest BCUT2D eigenvalue weighted by atomic mass is 10.1. The first-order valence-corrected chi connectivity index (χ1v) is 12.1. The molecule has 0 spiro atoms. The van der Waals surface area contributed by atoms with Crippen molar-refractivity contribution in [2.75, 3.05) is 26.2 Å². The summed E-state index contributed by atoms with van der Waals surface area (Å²) in [4.78, 5) is 12.3. The van der Waals surface area contributed by atoms with Crippen LogP contribution in [-0.4, -0.2) is 44.9 Å². The predicted octanol–water partition coefficient (Wildman–Crippen LogP) is 3.57. The molecule has 0 atom stereocenters. The molecule has 0 saturated carbocycles. The number of benzene rings is 3. The van der Waals surface area contributed by atoms with E-state index in [4.69, 9.17) is 4.74 Å². The Bertz CT molecular complexity index is 1150. The summed E-state index contributed by atoms with van der Waals surface area (Å²) < 4.78 is 32.1. The number of rotatable bonds is 8. The van der Waals surface area contributed by atoms with E-state index in [1.807, 2.05) is 42.5 Å². The van der Waals surface area contributed by atoms with Crippen LogP contribution in [0.1, 0.15) is 28.8 Å². The first-order chi connectivity index (χ1) is 15.0. The van der Waals surface area contributed by atoms with E-state index in [1.54, 1.807) is 28.6 Å². The molecular formula is C24H26N2O4S. The van der Waals surface area contributed by atoms with Crippen LogP contribution >= 0.6 is 0 Å². The quantitative estimate of drug-likeness (QED) is 0.546. The Labute approximate surface area is 182 Å². The molecule has 1 heterocycles. The van der Waals surface area contributed by atoms with E-state index in [1.165, 1.54) is 0 Å². The van der Waals surface area contributed by atoms with Crippen molar-refractivity contribution in [1.82, 2.24) is 9.62 Å². The number of sulfonamides is 1. The van der Waals surface area contributed by atoms with Crippen LogP contribution in [0.4, 0.5) is 0 Å². The SMILES string of the molecule is O=C(NCCOc1ccc2ccccc2c1)c1ccc(CS(=O)(=O)N2CCCC2)cc1. The minimum absolute atomic E-state index is 0.0332. The van der Waals surface area contributed by atoms with Crippen molar-refractivity contribution in [1.29, 1.82) is 0 Å². The summed E-state index contributed by atoms with van der Waals surface area (Å²) in [5.41, 5.74) is 1.18. The van der Waals surface area contributed by atoms with Gasteiger partial charge in [0.1, 0.15) is 12.4 Å². The van der Waals surface area contributed by atoms with E-state index in [0.717, 1.165) is 29.4 Å². The highest BCUT2D eigenvalue weighted by atomic mass is 32.2. The number of nitrogens with zero attached hydrogens (tertiary/aromatic N) is 1. The molecule has 0 unspecified atom stereocenters. The monoisotopic (exact) mass is 438 g/mol. The van der Waals surface area contributed by atoms with Crippen LogP contribution in [0.3, 0.4) is 0 Å². The third-order valence-electron chi connectivity index (χ3n) is 5.40.